The zero-order valence-corrected chi connectivity index (χ0v) is 14.6. The molecule has 0 radical (unpaired) electrons. The average molecular weight is 376 g/mol. The SMILES string of the molecule is O=C([C@@H]1C[C@H]1c1ccccc1Br)N1CCC[C@@H]1c1cccs1. The number of thiophene rings is 1. The number of halogens is 1. The van der Waals surface area contributed by atoms with E-state index in [1.165, 1.54) is 10.4 Å². The van der Waals surface area contributed by atoms with Crippen molar-refractivity contribution in [3.63, 3.8) is 0 Å². The van der Waals surface area contributed by atoms with Gasteiger partial charge >= 0.3 is 0 Å². The lowest BCUT2D eigenvalue weighted by molar-refractivity contribution is -0.133. The van der Waals surface area contributed by atoms with Gasteiger partial charge in [0.05, 0.1) is 6.04 Å². The molecular formula is C18H18BrNOS. The molecule has 1 aliphatic carbocycles. The number of carbonyl (C=O) groups excluding carboxylic acids is 1. The fourth-order valence-corrected chi connectivity index (χ4v) is 5.06. The Morgan fingerprint density at radius 2 is 2.09 bits per heavy atom. The first kappa shape index (κ1) is 14.5. The molecule has 1 aromatic heterocycles. The highest BCUT2D eigenvalue weighted by Crippen LogP contribution is 2.52. The molecule has 2 aromatic rings. The van der Waals surface area contributed by atoms with E-state index in [0.717, 1.165) is 30.3 Å². The van der Waals surface area contributed by atoms with Crippen molar-refractivity contribution in [2.75, 3.05) is 6.54 Å². The van der Waals surface area contributed by atoms with Crippen molar-refractivity contribution in [3.05, 3.63) is 56.7 Å². The Bertz CT molecular complexity index is 684. The van der Waals surface area contributed by atoms with Crippen LogP contribution in [0.5, 0.6) is 0 Å². The molecule has 22 heavy (non-hydrogen) atoms. The minimum Gasteiger partial charge on any atom is -0.335 e. The molecule has 0 spiro atoms. The molecule has 1 aromatic carbocycles. The summed E-state index contributed by atoms with van der Waals surface area (Å²) in [6.45, 7) is 0.917. The summed E-state index contributed by atoms with van der Waals surface area (Å²) >= 11 is 5.39. The molecule has 1 saturated carbocycles. The molecule has 114 valence electrons. The van der Waals surface area contributed by atoms with Crippen LogP contribution >= 0.6 is 27.3 Å². The van der Waals surface area contributed by atoms with Crippen LogP contribution in [0.1, 0.15) is 41.7 Å². The third-order valence-corrected chi connectivity index (χ3v) is 6.52. The first-order valence-corrected chi connectivity index (χ1v) is 9.51. The van der Waals surface area contributed by atoms with E-state index in [-0.39, 0.29) is 5.92 Å². The number of carbonyl (C=O) groups is 1. The summed E-state index contributed by atoms with van der Waals surface area (Å²) < 4.78 is 1.13. The maximum atomic E-state index is 12.9. The smallest absolute Gasteiger partial charge is 0.226 e. The zero-order valence-electron chi connectivity index (χ0n) is 12.2. The summed E-state index contributed by atoms with van der Waals surface area (Å²) in [7, 11) is 0. The number of hydrogen-bond acceptors (Lipinski definition) is 2. The fraction of sp³-hybridized carbons (Fsp3) is 0.389. The van der Waals surface area contributed by atoms with Gasteiger partial charge in [-0.2, -0.15) is 0 Å². The van der Waals surface area contributed by atoms with Gasteiger partial charge in [-0.15, -0.1) is 11.3 Å². The van der Waals surface area contributed by atoms with Crippen molar-refractivity contribution in [2.45, 2.75) is 31.2 Å². The number of nitrogens with zero attached hydrogens (tertiary/aromatic N) is 1. The molecule has 1 saturated heterocycles. The Hall–Kier alpha value is -1.13. The number of rotatable bonds is 3. The standard InChI is InChI=1S/C18H18BrNOS/c19-15-6-2-1-5-12(15)13-11-14(13)18(21)20-9-3-7-16(20)17-8-4-10-22-17/h1-2,4-6,8,10,13-14,16H,3,7,9,11H2/t13-,14+,16+/m0/s1. The summed E-state index contributed by atoms with van der Waals surface area (Å²) in [6.07, 6.45) is 3.23. The fourth-order valence-electron chi connectivity index (χ4n) is 3.61. The summed E-state index contributed by atoms with van der Waals surface area (Å²) in [6, 6.07) is 12.9. The van der Waals surface area contributed by atoms with E-state index in [2.05, 4.69) is 56.5 Å². The molecule has 1 amide bonds. The van der Waals surface area contributed by atoms with Crippen molar-refractivity contribution in [2.24, 2.45) is 5.92 Å². The maximum Gasteiger partial charge on any atom is 0.226 e. The lowest BCUT2D eigenvalue weighted by Crippen LogP contribution is -2.31. The molecule has 4 rings (SSSR count). The van der Waals surface area contributed by atoms with Crippen molar-refractivity contribution in [1.29, 1.82) is 0 Å². The highest BCUT2D eigenvalue weighted by molar-refractivity contribution is 9.10. The molecule has 1 aliphatic heterocycles. The highest BCUT2D eigenvalue weighted by atomic mass is 79.9. The van der Waals surface area contributed by atoms with E-state index >= 15 is 0 Å². The van der Waals surface area contributed by atoms with Gasteiger partial charge in [-0.25, -0.2) is 0 Å². The molecule has 2 fully saturated rings. The van der Waals surface area contributed by atoms with Crippen molar-refractivity contribution < 1.29 is 4.79 Å². The number of likely N-dealkylation sites (tertiary alicyclic amines) is 1. The van der Waals surface area contributed by atoms with Crippen LogP contribution in [-0.4, -0.2) is 17.4 Å². The zero-order chi connectivity index (χ0) is 15.1. The summed E-state index contributed by atoms with van der Waals surface area (Å²) in [5.74, 6) is 0.934. The topological polar surface area (TPSA) is 20.3 Å². The number of benzene rings is 1. The lowest BCUT2D eigenvalue weighted by Gasteiger charge is -2.24. The third-order valence-electron chi connectivity index (χ3n) is 4.82. The molecule has 4 heteroatoms. The van der Waals surface area contributed by atoms with Crippen molar-refractivity contribution in [1.82, 2.24) is 4.90 Å². The van der Waals surface area contributed by atoms with Gasteiger partial charge in [0.2, 0.25) is 5.91 Å². The Kier molecular flexibility index (Phi) is 3.82. The van der Waals surface area contributed by atoms with Crippen LogP contribution in [0.25, 0.3) is 0 Å². The number of amides is 1. The van der Waals surface area contributed by atoms with E-state index in [1.54, 1.807) is 11.3 Å². The minimum atomic E-state index is 0.180. The lowest BCUT2D eigenvalue weighted by atomic mass is 10.1. The normalized spacial score (nSPS) is 27.1. The predicted molar refractivity (Wildman–Crippen MR) is 93.0 cm³/mol. The second kappa shape index (κ2) is 5.82. The summed E-state index contributed by atoms with van der Waals surface area (Å²) in [4.78, 5) is 16.4. The van der Waals surface area contributed by atoms with Crippen LogP contribution in [0.3, 0.4) is 0 Å². The first-order chi connectivity index (χ1) is 10.8. The van der Waals surface area contributed by atoms with Crippen LogP contribution in [0.2, 0.25) is 0 Å². The maximum absolute atomic E-state index is 12.9. The molecule has 0 N–H and O–H groups in total. The van der Waals surface area contributed by atoms with Crippen LogP contribution in [0.15, 0.2) is 46.3 Å². The minimum absolute atomic E-state index is 0.180. The number of hydrogen-bond donors (Lipinski definition) is 0. The first-order valence-electron chi connectivity index (χ1n) is 7.84. The van der Waals surface area contributed by atoms with Crippen LogP contribution in [0.4, 0.5) is 0 Å². The van der Waals surface area contributed by atoms with E-state index in [4.69, 9.17) is 0 Å². The molecule has 2 nitrogen and oxygen atoms in total. The van der Waals surface area contributed by atoms with Crippen molar-refractivity contribution >= 4 is 33.2 Å². The Morgan fingerprint density at radius 3 is 2.86 bits per heavy atom. The van der Waals surface area contributed by atoms with Gasteiger partial charge in [0.25, 0.3) is 0 Å². The monoisotopic (exact) mass is 375 g/mol. The molecule has 0 bridgehead atoms. The van der Waals surface area contributed by atoms with Gasteiger partial charge in [-0.1, -0.05) is 40.2 Å². The van der Waals surface area contributed by atoms with Crippen LogP contribution in [0, 0.1) is 5.92 Å². The quantitative estimate of drug-likeness (QED) is 0.740. The van der Waals surface area contributed by atoms with E-state index in [0.29, 0.717) is 17.9 Å². The Morgan fingerprint density at radius 1 is 1.23 bits per heavy atom. The molecule has 2 heterocycles. The van der Waals surface area contributed by atoms with E-state index in [9.17, 15) is 4.79 Å². The molecule has 3 atom stereocenters. The Balaban J connectivity index is 1.50. The van der Waals surface area contributed by atoms with Gasteiger partial charge in [0, 0.05) is 21.8 Å². The van der Waals surface area contributed by atoms with Gasteiger partial charge < -0.3 is 4.90 Å². The average Bonchev–Trinajstić information content (AvgIpc) is 2.93. The second-order valence-corrected chi connectivity index (χ2v) is 8.01. The third kappa shape index (κ3) is 2.52. The van der Waals surface area contributed by atoms with E-state index < -0.39 is 0 Å². The summed E-state index contributed by atoms with van der Waals surface area (Å²) in [5.41, 5.74) is 1.28. The van der Waals surface area contributed by atoms with Crippen LogP contribution < -0.4 is 0 Å². The van der Waals surface area contributed by atoms with Gasteiger partial charge in [-0.3, -0.25) is 4.79 Å². The van der Waals surface area contributed by atoms with E-state index in [1.807, 2.05) is 6.07 Å². The predicted octanol–water partition coefficient (Wildman–Crippen LogP) is 4.98. The van der Waals surface area contributed by atoms with Crippen LogP contribution in [-0.2, 0) is 4.79 Å². The van der Waals surface area contributed by atoms with Crippen molar-refractivity contribution in [3.8, 4) is 0 Å². The van der Waals surface area contributed by atoms with Gasteiger partial charge in [-0.05, 0) is 48.3 Å². The molecule has 0 unspecified atom stereocenters. The Labute approximate surface area is 143 Å². The largest absolute Gasteiger partial charge is 0.335 e. The second-order valence-electron chi connectivity index (χ2n) is 6.18. The summed E-state index contributed by atoms with van der Waals surface area (Å²) in [5, 5.41) is 2.11. The highest BCUT2D eigenvalue weighted by Gasteiger charge is 2.48. The van der Waals surface area contributed by atoms with Gasteiger partial charge in [0.15, 0.2) is 0 Å². The van der Waals surface area contributed by atoms with Gasteiger partial charge in [0.1, 0.15) is 0 Å². The molecular weight excluding hydrogens is 358 g/mol. The molecule has 2 aliphatic rings.